The molecular weight excluding hydrogens is 190 g/mol. The lowest BCUT2D eigenvalue weighted by molar-refractivity contribution is 0.461. The molecule has 0 bridgehead atoms. The summed E-state index contributed by atoms with van der Waals surface area (Å²) in [5, 5.41) is 9.77. The molecule has 0 radical (unpaired) electrons. The fourth-order valence-electron chi connectivity index (χ4n) is 2.18. The molecule has 0 unspecified atom stereocenters. The second-order valence-electron chi connectivity index (χ2n) is 4.16. The van der Waals surface area contributed by atoms with E-state index in [1.165, 1.54) is 0 Å². The molecule has 3 heteroatoms. The van der Waals surface area contributed by atoms with E-state index >= 15 is 0 Å². The Morgan fingerprint density at radius 2 is 2.33 bits per heavy atom. The van der Waals surface area contributed by atoms with Crippen LogP contribution in [0.15, 0.2) is 10.9 Å². The van der Waals surface area contributed by atoms with Gasteiger partial charge in [-0.3, -0.25) is 4.79 Å². The molecule has 0 amide bonds. The zero-order chi connectivity index (χ0) is 10.8. The van der Waals surface area contributed by atoms with Crippen LogP contribution in [0.5, 0.6) is 5.75 Å². The summed E-state index contributed by atoms with van der Waals surface area (Å²) in [5.74, 6) is 0.196. The maximum Gasteiger partial charge on any atom is 0.257 e. The van der Waals surface area contributed by atoms with Crippen LogP contribution in [0.1, 0.15) is 37.4 Å². The van der Waals surface area contributed by atoms with Crippen molar-refractivity contribution < 1.29 is 5.11 Å². The number of nitrogens with zero attached hydrogens (tertiary/aromatic N) is 1. The van der Waals surface area contributed by atoms with Crippen LogP contribution >= 0.6 is 0 Å². The molecule has 15 heavy (non-hydrogen) atoms. The van der Waals surface area contributed by atoms with Gasteiger partial charge in [-0.2, -0.15) is 0 Å². The molecule has 0 saturated carbocycles. The van der Waals surface area contributed by atoms with Gasteiger partial charge in [-0.1, -0.05) is 13.3 Å². The number of aromatic nitrogens is 1. The monoisotopic (exact) mass is 207 g/mol. The third-order valence-electron chi connectivity index (χ3n) is 3.06. The number of pyridine rings is 1. The first kappa shape index (κ1) is 10.3. The van der Waals surface area contributed by atoms with Crippen LogP contribution in [0.4, 0.5) is 0 Å². The standard InChI is InChI=1S/C12H17NO2/c1-2-3-6-10-11(14)8-9-5-4-7-13(9)12(10)15/h8,14H,2-7H2,1H3. The number of rotatable bonds is 3. The van der Waals surface area contributed by atoms with Gasteiger partial charge in [0.15, 0.2) is 0 Å². The van der Waals surface area contributed by atoms with Crippen LogP contribution in [0.25, 0.3) is 0 Å². The zero-order valence-corrected chi connectivity index (χ0v) is 9.12. The van der Waals surface area contributed by atoms with Gasteiger partial charge in [0, 0.05) is 12.2 Å². The Morgan fingerprint density at radius 3 is 3.07 bits per heavy atom. The molecule has 0 spiro atoms. The van der Waals surface area contributed by atoms with E-state index in [0.29, 0.717) is 12.0 Å². The number of unbranched alkanes of at least 4 members (excludes halogenated alkanes) is 1. The number of fused-ring (bicyclic) bond motifs is 1. The Bertz CT molecular complexity index is 420. The van der Waals surface area contributed by atoms with Crippen molar-refractivity contribution in [2.24, 2.45) is 0 Å². The highest BCUT2D eigenvalue weighted by Gasteiger charge is 2.17. The summed E-state index contributed by atoms with van der Waals surface area (Å²) >= 11 is 0. The highest BCUT2D eigenvalue weighted by molar-refractivity contribution is 5.33. The molecule has 2 heterocycles. The second kappa shape index (κ2) is 4.09. The normalized spacial score (nSPS) is 14.2. The quantitative estimate of drug-likeness (QED) is 0.821. The maximum atomic E-state index is 12.0. The Hall–Kier alpha value is -1.25. The Balaban J connectivity index is 2.42. The van der Waals surface area contributed by atoms with E-state index in [-0.39, 0.29) is 11.3 Å². The molecule has 1 aliphatic rings. The van der Waals surface area contributed by atoms with E-state index < -0.39 is 0 Å². The van der Waals surface area contributed by atoms with Gasteiger partial charge in [-0.25, -0.2) is 0 Å². The van der Waals surface area contributed by atoms with Crippen molar-refractivity contribution in [1.82, 2.24) is 4.57 Å². The molecule has 0 atom stereocenters. The van der Waals surface area contributed by atoms with E-state index in [9.17, 15) is 9.90 Å². The molecule has 0 aliphatic carbocycles. The fraction of sp³-hybridized carbons (Fsp3) is 0.583. The molecule has 1 aromatic rings. The van der Waals surface area contributed by atoms with E-state index in [0.717, 1.165) is 37.9 Å². The molecular formula is C12H17NO2. The largest absolute Gasteiger partial charge is 0.507 e. The summed E-state index contributed by atoms with van der Waals surface area (Å²) in [6, 6.07) is 1.76. The van der Waals surface area contributed by atoms with Crippen LogP contribution in [0.2, 0.25) is 0 Å². The first-order valence-corrected chi connectivity index (χ1v) is 5.68. The molecule has 1 N–H and O–H groups in total. The van der Waals surface area contributed by atoms with Crippen molar-refractivity contribution in [3.05, 3.63) is 27.7 Å². The number of aryl methyl sites for hydroxylation is 1. The molecule has 2 rings (SSSR count). The summed E-state index contributed by atoms with van der Waals surface area (Å²) in [7, 11) is 0. The van der Waals surface area contributed by atoms with Gasteiger partial charge in [-0.05, 0) is 31.7 Å². The van der Waals surface area contributed by atoms with Crippen molar-refractivity contribution in [3.8, 4) is 5.75 Å². The van der Waals surface area contributed by atoms with Gasteiger partial charge >= 0.3 is 0 Å². The van der Waals surface area contributed by atoms with Crippen molar-refractivity contribution >= 4 is 0 Å². The van der Waals surface area contributed by atoms with Crippen LogP contribution in [-0.2, 0) is 19.4 Å². The molecule has 0 aromatic carbocycles. The molecule has 0 saturated heterocycles. The highest BCUT2D eigenvalue weighted by Crippen LogP contribution is 2.21. The molecule has 0 fully saturated rings. The van der Waals surface area contributed by atoms with Crippen LogP contribution in [0.3, 0.4) is 0 Å². The van der Waals surface area contributed by atoms with Gasteiger partial charge in [-0.15, -0.1) is 0 Å². The number of aromatic hydroxyl groups is 1. The van der Waals surface area contributed by atoms with Crippen LogP contribution < -0.4 is 5.56 Å². The summed E-state index contributed by atoms with van der Waals surface area (Å²) in [5.41, 5.74) is 1.61. The van der Waals surface area contributed by atoms with E-state index in [1.807, 2.05) is 4.57 Å². The lowest BCUT2D eigenvalue weighted by Gasteiger charge is -2.08. The van der Waals surface area contributed by atoms with Crippen molar-refractivity contribution in [2.45, 2.75) is 45.6 Å². The van der Waals surface area contributed by atoms with Gasteiger partial charge in [0.05, 0.1) is 5.56 Å². The molecule has 82 valence electrons. The van der Waals surface area contributed by atoms with Gasteiger partial charge in [0.25, 0.3) is 5.56 Å². The Morgan fingerprint density at radius 1 is 1.53 bits per heavy atom. The minimum Gasteiger partial charge on any atom is -0.507 e. The summed E-state index contributed by atoms with van der Waals surface area (Å²) in [6.45, 7) is 2.90. The lowest BCUT2D eigenvalue weighted by Crippen LogP contribution is -2.23. The summed E-state index contributed by atoms with van der Waals surface area (Å²) in [4.78, 5) is 12.0. The minimum atomic E-state index is 0.0240. The number of hydrogen-bond donors (Lipinski definition) is 1. The lowest BCUT2D eigenvalue weighted by atomic mass is 10.1. The Labute approximate surface area is 89.4 Å². The zero-order valence-electron chi connectivity index (χ0n) is 9.12. The SMILES string of the molecule is CCCCc1c(O)cc2n(c1=O)CCC2. The third-order valence-corrected chi connectivity index (χ3v) is 3.06. The first-order chi connectivity index (χ1) is 7.24. The maximum absolute atomic E-state index is 12.0. The average molecular weight is 207 g/mol. The third kappa shape index (κ3) is 1.78. The molecule has 1 aliphatic heterocycles. The van der Waals surface area contributed by atoms with Crippen molar-refractivity contribution in [1.29, 1.82) is 0 Å². The predicted molar refractivity (Wildman–Crippen MR) is 59.3 cm³/mol. The second-order valence-corrected chi connectivity index (χ2v) is 4.16. The predicted octanol–water partition coefficient (Wildman–Crippen LogP) is 1.84. The highest BCUT2D eigenvalue weighted by atomic mass is 16.3. The average Bonchev–Trinajstić information content (AvgIpc) is 2.65. The molecule has 1 aromatic heterocycles. The van der Waals surface area contributed by atoms with Crippen LogP contribution in [-0.4, -0.2) is 9.67 Å². The topological polar surface area (TPSA) is 42.2 Å². The van der Waals surface area contributed by atoms with Gasteiger partial charge in [0.1, 0.15) is 5.75 Å². The fourth-order valence-corrected chi connectivity index (χ4v) is 2.18. The van der Waals surface area contributed by atoms with E-state index in [4.69, 9.17) is 0 Å². The summed E-state index contributed by atoms with van der Waals surface area (Å²) in [6.07, 6.45) is 4.63. The summed E-state index contributed by atoms with van der Waals surface area (Å²) < 4.78 is 1.81. The number of hydrogen-bond acceptors (Lipinski definition) is 2. The smallest absolute Gasteiger partial charge is 0.257 e. The molecule has 3 nitrogen and oxygen atoms in total. The van der Waals surface area contributed by atoms with Crippen molar-refractivity contribution in [3.63, 3.8) is 0 Å². The van der Waals surface area contributed by atoms with E-state index in [1.54, 1.807) is 6.07 Å². The first-order valence-electron chi connectivity index (χ1n) is 5.68. The van der Waals surface area contributed by atoms with E-state index in [2.05, 4.69) is 6.92 Å². The Kier molecular flexibility index (Phi) is 2.80. The van der Waals surface area contributed by atoms with Crippen molar-refractivity contribution in [2.75, 3.05) is 0 Å². The van der Waals surface area contributed by atoms with Gasteiger partial charge < -0.3 is 9.67 Å². The van der Waals surface area contributed by atoms with Gasteiger partial charge in [0.2, 0.25) is 0 Å². The van der Waals surface area contributed by atoms with Crippen LogP contribution in [0, 0.1) is 0 Å². The minimum absolute atomic E-state index is 0.0240.